The van der Waals surface area contributed by atoms with Crippen LogP contribution in [-0.4, -0.2) is 36.2 Å². The van der Waals surface area contributed by atoms with Crippen LogP contribution in [0.5, 0.6) is 0 Å². The molecule has 3 aromatic carbocycles. The third-order valence-corrected chi connectivity index (χ3v) is 6.63. The smallest absolute Gasteiger partial charge is 0.269 e. The summed E-state index contributed by atoms with van der Waals surface area (Å²) >= 11 is 0. The number of benzene rings is 3. The van der Waals surface area contributed by atoms with E-state index in [1.165, 1.54) is 23.9 Å². The molecule has 0 aliphatic carbocycles. The number of aryl methyl sites for hydroxylation is 1. The summed E-state index contributed by atoms with van der Waals surface area (Å²) in [4.78, 5) is 23.4. The van der Waals surface area contributed by atoms with Crippen molar-refractivity contribution >= 4 is 22.2 Å². The minimum Gasteiger partial charge on any atom is -0.289 e. The molecule has 1 radical (unpaired) electrons. The molecule has 2 N–H and O–H groups in total. The standard InChI is InChI=1S/C25H21N2O5S/c1-19-7-9-20(10-8-19)11-12-21-13-15-23(16-14-21)33(31,32)27(24(18-28)25(29)26-30)17-22-5-3-2-4-6-22/h2-10,13-16,24,30H,17H2,1H3,(H,26,29)/t24-/m0/s1. The molecular formula is C25H21N2O5S. The van der Waals surface area contributed by atoms with E-state index in [1.54, 1.807) is 42.5 Å². The van der Waals surface area contributed by atoms with Crippen LogP contribution < -0.4 is 5.48 Å². The Labute approximate surface area is 192 Å². The van der Waals surface area contributed by atoms with Gasteiger partial charge < -0.3 is 0 Å². The number of carbonyl (C=O) groups excluding carboxylic acids is 2. The van der Waals surface area contributed by atoms with Gasteiger partial charge in [0.05, 0.1) is 4.90 Å². The second kappa shape index (κ2) is 10.7. The monoisotopic (exact) mass is 461 g/mol. The van der Waals surface area contributed by atoms with Crippen molar-refractivity contribution in [3.05, 3.63) is 101 Å². The highest BCUT2D eigenvalue weighted by atomic mass is 32.2. The zero-order valence-corrected chi connectivity index (χ0v) is 18.5. The summed E-state index contributed by atoms with van der Waals surface area (Å²) in [6.45, 7) is 1.71. The SMILES string of the molecule is Cc1ccc(C#Cc2ccc(S(=O)(=O)N(Cc3ccccc3)[C@@H]([C]=O)C(=O)NO)cc2)cc1. The van der Waals surface area contributed by atoms with Gasteiger partial charge in [-0.25, -0.2) is 13.9 Å². The molecule has 1 amide bonds. The van der Waals surface area contributed by atoms with Gasteiger partial charge in [-0.3, -0.25) is 14.8 Å². The summed E-state index contributed by atoms with van der Waals surface area (Å²) in [7, 11) is -4.30. The third-order valence-electron chi connectivity index (χ3n) is 4.80. The molecule has 0 saturated carbocycles. The lowest BCUT2D eigenvalue weighted by atomic mass is 10.1. The molecule has 8 heteroatoms. The van der Waals surface area contributed by atoms with Crippen molar-refractivity contribution in [3.8, 4) is 11.8 Å². The molecule has 0 unspecified atom stereocenters. The number of nitrogens with one attached hydrogen (secondary N) is 1. The van der Waals surface area contributed by atoms with Gasteiger partial charge in [-0.15, -0.1) is 0 Å². The normalized spacial score (nSPS) is 11.8. The minimum absolute atomic E-state index is 0.134. The van der Waals surface area contributed by atoms with Gasteiger partial charge in [-0.2, -0.15) is 4.31 Å². The van der Waals surface area contributed by atoms with Crippen LogP contribution >= 0.6 is 0 Å². The highest BCUT2D eigenvalue weighted by molar-refractivity contribution is 7.89. The fourth-order valence-corrected chi connectivity index (χ4v) is 4.50. The van der Waals surface area contributed by atoms with E-state index in [4.69, 9.17) is 5.21 Å². The maximum absolute atomic E-state index is 13.3. The van der Waals surface area contributed by atoms with Crippen molar-refractivity contribution in [2.75, 3.05) is 0 Å². The first-order chi connectivity index (χ1) is 15.8. The fraction of sp³-hybridized carbons (Fsp3) is 0.120. The van der Waals surface area contributed by atoms with Gasteiger partial charge in [0.25, 0.3) is 5.91 Å². The van der Waals surface area contributed by atoms with Gasteiger partial charge in [-0.1, -0.05) is 59.9 Å². The molecule has 0 saturated heterocycles. The zero-order valence-electron chi connectivity index (χ0n) is 17.7. The Bertz CT molecular complexity index is 1280. The van der Waals surface area contributed by atoms with Crippen LogP contribution in [0.1, 0.15) is 22.3 Å². The number of hydrogen-bond acceptors (Lipinski definition) is 5. The Hall–Kier alpha value is -3.77. The topological polar surface area (TPSA) is 104 Å². The van der Waals surface area contributed by atoms with Gasteiger partial charge in [0.1, 0.15) is 0 Å². The summed E-state index contributed by atoms with van der Waals surface area (Å²) in [5, 5.41) is 8.98. The highest BCUT2D eigenvalue weighted by Crippen LogP contribution is 2.21. The average Bonchev–Trinajstić information content (AvgIpc) is 2.84. The number of amides is 1. The van der Waals surface area contributed by atoms with E-state index in [0.29, 0.717) is 15.4 Å². The quantitative estimate of drug-likeness (QED) is 0.244. The molecule has 167 valence electrons. The van der Waals surface area contributed by atoms with Crippen LogP contribution in [0.25, 0.3) is 0 Å². The van der Waals surface area contributed by atoms with Crippen molar-refractivity contribution < 1.29 is 23.2 Å². The van der Waals surface area contributed by atoms with Crippen LogP contribution in [0.4, 0.5) is 0 Å². The first-order valence-electron chi connectivity index (χ1n) is 9.91. The average molecular weight is 462 g/mol. The first kappa shape index (κ1) is 23.9. The molecule has 0 heterocycles. The molecule has 3 rings (SSSR count). The minimum atomic E-state index is -4.30. The fourth-order valence-electron chi connectivity index (χ4n) is 3.01. The van der Waals surface area contributed by atoms with Crippen molar-refractivity contribution in [2.45, 2.75) is 24.4 Å². The predicted molar refractivity (Wildman–Crippen MR) is 122 cm³/mol. The van der Waals surface area contributed by atoms with Crippen LogP contribution in [0.15, 0.2) is 83.8 Å². The molecular weight excluding hydrogens is 440 g/mol. The lowest BCUT2D eigenvalue weighted by Crippen LogP contribution is -2.49. The van der Waals surface area contributed by atoms with Crippen LogP contribution in [-0.2, 0) is 26.2 Å². The molecule has 0 bridgehead atoms. The van der Waals surface area contributed by atoms with Crippen LogP contribution in [0, 0.1) is 18.8 Å². The summed E-state index contributed by atoms with van der Waals surface area (Å²) < 4.78 is 27.3. The number of carbonyl (C=O) groups is 1. The maximum Gasteiger partial charge on any atom is 0.269 e. The number of hydroxylamine groups is 1. The third kappa shape index (κ3) is 5.93. The molecule has 0 fully saturated rings. The number of sulfonamides is 1. The van der Waals surface area contributed by atoms with Gasteiger partial charge in [0.15, 0.2) is 6.04 Å². The van der Waals surface area contributed by atoms with E-state index >= 15 is 0 Å². The van der Waals surface area contributed by atoms with Crippen molar-refractivity contribution in [1.29, 1.82) is 0 Å². The van der Waals surface area contributed by atoms with Gasteiger partial charge in [-0.05, 0) is 48.9 Å². The molecule has 0 aromatic heterocycles. The number of hydrogen-bond donors (Lipinski definition) is 2. The largest absolute Gasteiger partial charge is 0.289 e. The predicted octanol–water partition coefficient (Wildman–Crippen LogP) is 2.57. The molecule has 33 heavy (non-hydrogen) atoms. The number of rotatable bonds is 7. The number of nitrogens with zero attached hydrogens (tertiary/aromatic N) is 1. The molecule has 0 spiro atoms. The Morgan fingerprint density at radius 1 is 0.939 bits per heavy atom. The van der Waals surface area contributed by atoms with Crippen molar-refractivity contribution in [2.24, 2.45) is 0 Å². The van der Waals surface area contributed by atoms with E-state index in [1.807, 2.05) is 31.2 Å². The van der Waals surface area contributed by atoms with Crippen molar-refractivity contribution in [1.82, 2.24) is 9.79 Å². The molecule has 3 aromatic rings. The van der Waals surface area contributed by atoms with E-state index in [9.17, 15) is 18.0 Å². The lowest BCUT2D eigenvalue weighted by Gasteiger charge is -2.25. The lowest BCUT2D eigenvalue weighted by molar-refractivity contribution is -0.131. The van der Waals surface area contributed by atoms with Gasteiger partial charge in [0, 0.05) is 17.7 Å². The Morgan fingerprint density at radius 2 is 1.48 bits per heavy atom. The van der Waals surface area contributed by atoms with Crippen LogP contribution in [0.3, 0.4) is 0 Å². The van der Waals surface area contributed by atoms with E-state index in [2.05, 4.69) is 11.8 Å². The molecule has 1 atom stereocenters. The van der Waals surface area contributed by atoms with Gasteiger partial charge in [0.2, 0.25) is 16.3 Å². The second-order valence-electron chi connectivity index (χ2n) is 7.17. The summed E-state index contributed by atoms with van der Waals surface area (Å²) in [5.41, 5.74) is 4.41. The van der Waals surface area contributed by atoms with E-state index < -0.39 is 22.0 Å². The van der Waals surface area contributed by atoms with Crippen LogP contribution in [0.2, 0.25) is 0 Å². The summed E-state index contributed by atoms with van der Waals surface area (Å²) in [5.74, 6) is 4.78. The van der Waals surface area contributed by atoms with Gasteiger partial charge >= 0.3 is 0 Å². The second-order valence-corrected chi connectivity index (χ2v) is 9.06. The molecule has 0 aliphatic rings. The summed E-state index contributed by atoms with van der Waals surface area (Å²) in [6.07, 6.45) is 1.41. The highest BCUT2D eigenvalue weighted by Gasteiger charge is 2.36. The molecule has 0 aliphatic heterocycles. The van der Waals surface area contributed by atoms with Crippen molar-refractivity contribution in [3.63, 3.8) is 0 Å². The van der Waals surface area contributed by atoms with E-state index in [-0.39, 0.29) is 11.4 Å². The van der Waals surface area contributed by atoms with E-state index in [0.717, 1.165) is 11.1 Å². The Kier molecular flexibility index (Phi) is 7.74. The Morgan fingerprint density at radius 3 is 2.00 bits per heavy atom. The zero-order chi connectivity index (χ0) is 23.8. The Balaban J connectivity index is 1.92. The maximum atomic E-state index is 13.3. The molecule has 7 nitrogen and oxygen atoms in total. The first-order valence-corrected chi connectivity index (χ1v) is 11.4. The summed E-state index contributed by atoms with van der Waals surface area (Å²) in [6, 6.07) is 20.1.